The zero-order chi connectivity index (χ0) is 16.8. The third-order valence-electron chi connectivity index (χ3n) is 3.10. The van der Waals surface area contributed by atoms with E-state index in [-0.39, 0.29) is 12.2 Å². The Morgan fingerprint density at radius 2 is 1.96 bits per heavy atom. The fourth-order valence-electron chi connectivity index (χ4n) is 1.83. The Hall–Kier alpha value is -2.60. The highest BCUT2D eigenvalue weighted by atomic mass is 35.5. The minimum absolute atomic E-state index is 0.182. The molecule has 0 spiro atoms. The Balaban J connectivity index is 1.91. The zero-order valence-electron chi connectivity index (χ0n) is 12.4. The molecule has 0 saturated carbocycles. The lowest BCUT2D eigenvalue weighted by molar-refractivity contribution is -0.608. The average molecular weight is 335 g/mol. The summed E-state index contributed by atoms with van der Waals surface area (Å²) in [4.78, 5) is 23.8. The van der Waals surface area contributed by atoms with Gasteiger partial charge in [-0.15, -0.1) is 0 Å². The summed E-state index contributed by atoms with van der Waals surface area (Å²) in [6, 6.07) is 11.4. The Morgan fingerprint density at radius 3 is 2.65 bits per heavy atom. The fraction of sp³-hybridized carbons (Fsp3) is 0.188. The second-order valence-corrected chi connectivity index (χ2v) is 5.18. The Labute approximate surface area is 138 Å². The summed E-state index contributed by atoms with van der Waals surface area (Å²) in [5.74, 6) is -1.34. The van der Waals surface area contributed by atoms with Crippen molar-refractivity contribution in [3.8, 4) is 0 Å². The fourth-order valence-corrected chi connectivity index (χ4v) is 2.03. The van der Waals surface area contributed by atoms with Crippen LogP contribution in [0.2, 0.25) is 5.02 Å². The van der Waals surface area contributed by atoms with Crippen LogP contribution in [0.5, 0.6) is 0 Å². The molecule has 0 aliphatic heterocycles. The van der Waals surface area contributed by atoms with Crippen molar-refractivity contribution in [3.63, 3.8) is 0 Å². The van der Waals surface area contributed by atoms with Gasteiger partial charge in [0.2, 0.25) is 0 Å². The van der Waals surface area contributed by atoms with Gasteiger partial charge < -0.3 is 15.3 Å². The second-order valence-electron chi connectivity index (χ2n) is 4.77. The molecule has 2 aromatic rings. The molecule has 0 aliphatic carbocycles. The number of aromatic nitrogens is 1. The van der Waals surface area contributed by atoms with Crippen LogP contribution < -0.4 is 10.0 Å². The zero-order valence-corrected chi connectivity index (χ0v) is 13.1. The number of ether oxygens (including phenoxy) is 1. The van der Waals surface area contributed by atoms with E-state index in [0.29, 0.717) is 9.75 Å². The molecule has 6 nitrogen and oxygen atoms in total. The van der Waals surface area contributed by atoms with E-state index in [1.165, 1.54) is 31.3 Å². The summed E-state index contributed by atoms with van der Waals surface area (Å²) in [5, 5.41) is 14.6. The van der Waals surface area contributed by atoms with Crippen LogP contribution in [0, 0.1) is 5.21 Å². The van der Waals surface area contributed by atoms with Gasteiger partial charge in [-0.05, 0) is 24.6 Å². The highest BCUT2D eigenvalue weighted by Crippen LogP contribution is 2.14. The number of halogens is 1. The maximum Gasteiger partial charge on any atom is 0.405 e. The van der Waals surface area contributed by atoms with Gasteiger partial charge in [0.1, 0.15) is 0 Å². The third kappa shape index (κ3) is 4.43. The number of nitrogens with zero attached hydrogens (tertiary/aromatic N) is 1. The highest BCUT2D eigenvalue weighted by molar-refractivity contribution is 6.31. The van der Waals surface area contributed by atoms with Gasteiger partial charge in [-0.25, -0.2) is 4.79 Å². The minimum Gasteiger partial charge on any atom is -0.618 e. The highest BCUT2D eigenvalue weighted by Gasteiger charge is 2.23. The molecule has 1 amide bonds. The molecule has 120 valence electrons. The number of pyridine rings is 1. The molecule has 1 atom stereocenters. The van der Waals surface area contributed by atoms with E-state index in [4.69, 9.17) is 16.3 Å². The number of carbonyl (C=O) groups excluding carboxylic acids is 2. The first kappa shape index (κ1) is 16.8. The Kier molecular flexibility index (Phi) is 5.54. The van der Waals surface area contributed by atoms with Crippen molar-refractivity contribution >= 4 is 23.5 Å². The number of carbonyl (C=O) groups is 2. The number of rotatable bonds is 5. The van der Waals surface area contributed by atoms with Crippen LogP contribution in [0.1, 0.15) is 23.0 Å². The number of hydrogen-bond donors (Lipinski definition) is 1. The molecule has 0 unspecified atom stereocenters. The summed E-state index contributed by atoms with van der Waals surface area (Å²) in [5.41, 5.74) is 0.569. The molecular formula is C16H15ClN2O4. The van der Waals surface area contributed by atoms with Crippen LogP contribution in [-0.2, 0) is 16.1 Å². The molecule has 1 aromatic heterocycles. The summed E-state index contributed by atoms with van der Waals surface area (Å²) in [7, 11) is 0. The van der Waals surface area contributed by atoms with Gasteiger partial charge in [-0.1, -0.05) is 29.8 Å². The van der Waals surface area contributed by atoms with Gasteiger partial charge in [0.05, 0.1) is 0 Å². The molecule has 1 heterocycles. The van der Waals surface area contributed by atoms with E-state index in [9.17, 15) is 14.8 Å². The lowest BCUT2D eigenvalue weighted by Crippen LogP contribution is -2.39. The van der Waals surface area contributed by atoms with Crippen molar-refractivity contribution in [2.45, 2.75) is 19.6 Å². The number of nitrogens with one attached hydrogen (secondary N) is 1. The van der Waals surface area contributed by atoms with Crippen molar-refractivity contribution in [1.82, 2.24) is 5.32 Å². The lowest BCUT2D eigenvalue weighted by atomic mass is 10.2. The molecule has 0 bridgehead atoms. The first-order chi connectivity index (χ1) is 11.0. The minimum atomic E-state index is -1.04. The van der Waals surface area contributed by atoms with Crippen LogP contribution in [0.4, 0.5) is 0 Å². The number of esters is 1. The Morgan fingerprint density at radius 1 is 1.26 bits per heavy atom. The summed E-state index contributed by atoms with van der Waals surface area (Å²) >= 11 is 5.99. The van der Waals surface area contributed by atoms with Gasteiger partial charge in [0.25, 0.3) is 5.91 Å². The summed E-state index contributed by atoms with van der Waals surface area (Å²) in [6.07, 6.45) is 0.142. The number of amides is 1. The molecule has 0 saturated heterocycles. The normalized spacial score (nSPS) is 11.6. The molecule has 1 aromatic carbocycles. The second kappa shape index (κ2) is 7.60. The summed E-state index contributed by atoms with van der Waals surface area (Å²) < 4.78 is 5.38. The van der Waals surface area contributed by atoms with Crippen molar-refractivity contribution < 1.29 is 19.1 Å². The van der Waals surface area contributed by atoms with Crippen molar-refractivity contribution in [2.75, 3.05) is 0 Å². The predicted octanol–water partition coefficient (Wildman–Crippen LogP) is 1.84. The lowest BCUT2D eigenvalue weighted by Gasteiger charge is -2.13. The summed E-state index contributed by atoms with van der Waals surface area (Å²) in [6.45, 7) is 1.64. The molecule has 0 aliphatic rings. The van der Waals surface area contributed by atoms with Crippen LogP contribution in [0.3, 0.4) is 0 Å². The van der Waals surface area contributed by atoms with E-state index < -0.39 is 18.0 Å². The molecule has 2 rings (SSSR count). The number of hydrogen-bond acceptors (Lipinski definition) is 4. The van der Waals surface area contributed by atoms with E-state index in [0.717, 1.165) is 5.56 Å². The topological polar surface area (TPSA) is 82.3 Å². The molecule has 1 N–H and O–H groups in total. The first-order valence-corrected chi connectivity index (χ1v) is 7.27. The largest absolute Gasteiger partial charge is 0.618 e. The first-order valence-electron chi connectivity index (χ1n) is 6.89. The SMILES string of the molecule is C[C@@H](OC(=O)c1cccc[n+]1[O-])C(=O)NCc1ccccc1Cl. The third-order valence-corrected chi connectivity index (χ3v) is 3.47. The Bertz CT molecular complexity index is 721. The maximum atomic E-state index is 12.0. The van der Waals surface area contributed by atoms with Gasteiger partial charge in [0.15, 0.2) is 12.3 Å². The van der Waals surface area contributed by atoms with Crippen molar-refractivity contribution in [1.29, 1.82) is 0 Å². The predicted molar refractivity (Wildman–Crippen MR) is 83.6 cm³/mol. The molecule has 23 heavy (non-hydrogen) atoms. The number of benzene rings is 1. The van der Waals surface area contributed by atoms with Crippen LogP contribution in [0.15, 0.2) is 48.7 Å². The van der Waals surface area contributed by atoms with Crippen LogP contribution in [-0.4, -0.2) is 18.0 Å². The molecule has 0 fully saturated rings. The maximum absolute atomic E-state index is 12.0. The monoisotopic (exact) mass is 334 g/mol. The standard InChI is InChI=1S/C16H15ClN2O4/c1-11(23-16(21)14-8-4-5-9-19(14)22)15(20)18-10-12-6-2-3-7-13(12)17/h2-9,11H,10H2,1H3,(H,18,20)/t11-/m1/s1. The average Bonchev–Trinajstić information content (AvgIpc) is 2.54. The van der Waals surface area contributed by atoms with Crippen molar-refractivity contribution in [2.24, 2.45) is 0 Å². The molecular weight excluding hydrogens is 320 g/mol. The van der Waals surface area contributed by atoms with Gasteiger partial charge in [-0.3, -0.25) is 4.79 Å². The van der Waals surface area contributed by atoms with Gasteiger partial charge in [-0.2, -0.15) is 4.73 Å². The van der Waals surface area contributed by atoms with E-state index >= 15 is 0 Å². The van der Waals surface area contributed by atoms with E-state index in [1.807, 2.05) is 0 Å². The molecule has 7 heteroatoms. The van der Waals surface area contributed by atoms with Crippen LogP contribution in [0.25, 0.3) is 0 Å². The molecule has 0 radical (unpaired) electrons. The van der Waals surface area contributed by atoms with Crippen LogP contribution >= 0.6 is 11.6 Å². The van der Waals surface area contributed by atoms with Gasteiger partial charge in [0, 0.05) is 23.7 Å². The van der Waals surface area contributed by atoms with Crippen molar-refractivity contribution in [3.05, 3.63) is 70.1 Å². The smallest absolute Gasteiger partial charge is 0.405 e. The van der Waals surface area contributed by atoms with Gasteiger partial charge >= 0.3 is 11.7 Å². The quantitative estimate of drug-likeness (QED) is 0.514. The van der Waals surface area contributed by atoms with E-state index in [1.54, 1.807) is 24.3 Å². The van der Waals surface area contributed by atoms with E-state index in [2.05, 4.69) is 5.32 Å².